The van der Waals surface area contributed by atoms with E-state index >= 15 is 0 Å². The van der Waals surface area contributed by atoms with E-state index in [1.165, 1.54) is 17.5 Å². The molecule has 200 valence electrons. The minimum absolute atomic E-state index is 0.0562. The van der Waals surface area contributed by atoms with Crippen molar-refractivity contribution < 1.29 is 9.59 Å². The molecule has 0 atom stereocenters. The van der Waals surface area contributed by atoms with Gasteiger partial charge in [0.1, 0.15) is 0 Å². The molecule has 1 aliphatic carbocycles. The van der Waals surface area contributed by atoms with Gasteiger partial charge >= 0.3 is 6.03 Å². The van der Waals surface area contributed by atoms with Crippen LogP contribution in [0.4, 0.5) is 10.5 Å². The molecule has 1 saturated carbocycles. The Morgan fingerprint density at radius 1 is 0.842 bits per heavy atom. The fraction of sp³-hybridized carbons (Fsp3) is 0.355. The molecule has 1 aliphatic rings. The normalized spacial score (nSPS) is 13.8. The molecule has 3 amide bonds. The lowest BCUT2D eigenvalue weighted by atomic mass is 9.88. The number of urea groups is 1. The molecular formula is C31H35Cl2N3O2. The zero-order chi connectivity index (χ0) is 26.7. The summed E-state index contributed by atoms with van der Waals surface area (Å²) in [5, 5.41) is 6.69. The zero-order valence-electron chi connectivity index (χ0n) is 21.5. The molecule has 0 bridgehead atoms. The standard InChI is InChI=1S/C31H35Cl2N3O2/c32-27-17-10-18-28(30(27)33)35-31(38)36(25-15-8-3-9-16-25)22-20-29(37)34-21-19-26(23-11-4-1-5-12-23)24-13-6-2-7-14-24/h1-2,4-7,10-14,17-18,25-26H,3,8-9,15-16,19-22H2,(H,34,37)(H,35,38). The minimum atomic E-state index is -0.248. The van der Waals surface area contributed by atoms with E-state index in [4.69, 9.17) is 23.2 Å². The van der Waals surface area contributed by atoms with E-state index in [1.54, 1.807) is 23.1 Å². The van der Waals surface area contributed by atoms with Gasteiger partial charge in [-0.3, -0.25) is 4.79 Å². The Bertz CT molecular complexity index is 1140. The summed E-state index contributed by atoms with van der Waals surface area (Å²) in [6, 6.07) is 25.8. The summed E-state index contributed by atoms with van der Waals surface area (Å²) in [7, 11) is 0. The largest absolute Gasteiger partial charge is 0.356 e. The summed E-state index contributed by atoms with van der Waals surface area (Å²) in [6.45, 7) is 0.905. The molecule has 4 rings (SSSR count). The van der Waals surface area contributed by atoms with E-state index in [1.807, 2.05) is 36.4 Å². The summed E-state index contributed by atoms with van der Waals surface area (Å²) in [6.07, 6.45) is 6.26. The van der Waals surface area contributed by atoms with Crippen molar-refractivity contribution in [3.8, 4) is 0 Å². The Labute approximate surface area is 235 Å². The smallest absolute Gasteiger partial charge is 0.322 e. The van der Waals surface area contributed by atoms with E-state index in [2.05, 4.69) is 34.9 Å². The van der Waals surface area contributed by atoms with Crippen molar-refractivity contribution in [3.63, 3.8) is 0 Å². The molecule has 0 heterocycles. The Kier molecular flexibility index (Phi) is 10.5. The highest BCUT2D eigenvalue weighted by atomic mass is 35.5. The third kappa shape index (κ3) is 7.75. The highest BCUT2D eigenvalue weighted by molar-refractivity contribution is 6.43. The van der Waals surface area contributed by atoms with Crippen LogP contribution < -0.4 is 10.6 Å². The first kappa shape index (κ1) is 28.0. The van der Waals surface area contributed by atoms with Crippen LogP contribution in [0.1, 0.15) is 62.0 Å². The van der Waals surface area contributed by atoms with Gasteiger partial charge in [0.05, 0.1) is 15.7 Å². The second-order valence-corrected chi connectivity index (χ2v) is 10.6. The molecule has 0 radical (unpaired) electrons. The van der Waals surface area contributed by atoms with Crippen molar-refractivity contribution in [3.05, 3.63) is 100 Å². The van der Waals surface area contributed by atoms with Gasteiger partial charge in [-0.2, -0.15) is 0 Å². The number of amides is 3. The summed E-state index contributed by atoms with van der Waals surface area (Å²) < 4.78 is 0. The maximum absolute atomic E-state index is 13.3. The quantitative estimate of drug-likeness (QED) is 0.269. The Morgan fingerprint density at radius 3 is 2.11 bits per heavy atom. The van der Waals surface area contributed by atoms with Gasteiger partial charge in [0.2, 0.25) is 5.91 Å². The number of nitrogens with one attached hydrogen (secondary N) is 2. The van der Waals surface area contributed by atoms with Gasteiger partial charge in [0.15, 0.2) is 0 Å². The number of hydrogen-bond donors (Lipinski definition) is 2. The molecule has 0 unspecified atom stereocenters. The monoisotopic (exact) mass is 551 g/mol. The molecule has 0 aromatic heterocycles. The number of carbonyl (C=O) groups is 2. The lowest BCUT2D eigenvalue weighted by Gasteiger charge is -2.34. The number of benzene rings is 3. The van der Waals surface area contributed by atoms with E-state index in [9.17, 15) is 9.59 Å². The molecule has 2 N–H and O–H groups in total. The van der Waals surface area contributed by atoms with Crippen molar-refractivity contribution in [1.29, 1.82) is 0 Å². The van der Waals surface area contributed by atoms with Crippen LogP contribution in [0, 0.1) is 0 Å². The second-order valence-electron chi connectivity index (χ2n) is 9.78. The van der Waals surface area contributed by atoms with Crippen LogP contribution in [0.3, 0.4) is 0 Å². The molecular weight excluding hydrogens is 517 g/mol. The lowest BCUT2D eigenvalue weighted by molar-refractivity contribution is -0.121. The van der Waals surface area contributed by atoms with E-state index < -0.39 is 0 Å². The van der Waals surface area contributed by atoms with Crippen LogP contribution in [0.15, 0.2) is 78.9 Å². The van der Waals surface area contributed by atoms with Crippen LogP contribution >= 0.6 is 23.2 Å². The second kappa shape index (κ2) is 14.2. The molecule has 38 heavy (non-hydrogen) atoms. The molecule has 0 spiro atoms. The first-order valence-corrected chi connectivity index (χ1v) is 14.2. The SMILES string of the molecule is O=C(CCN(C(=O)Nc1cccc(Cl)c1Cl)C1CCCCC1)NCCC(c1ccccc1)c1ccccc1. The van der Waals surface area contributed by atoms with Gasteiger partial charge in [-0.25, -0.2) is 4.79 Å². The lowest BCUT2D eigenvalue weighted by Crippen LogP contribution is -2.45. The first-order valence-electron chi connectivity index (χ1n) is 13.4. The molecule has 1 fully saturated rings. The summed E-state index contributed by atoms with van der Waals surface area (Å²) in [4.78, 5) is 27.9. The third-order valence-electron chi connectivity index (χ3n) is 7.21. The molecule has 5 nitrogen and oxygen atoms in total. The summed E-state index contributed by atoms with van der Waals surface area (Å²) in [5.74, 6) is 0.143. The van der Waals surface area contributed by atoms with Gasteiger partial charge in [-0.1, -0.05) is 109 Å². The fourth-order valence-electron chi connectivity index (χ4n) is 5.19. The van der Waals surface area contributed by atoms with Crippen LogP contribution in [0.2, 0.25) is 10.0 Å². The van der Waals surface area contributed by atoms with Crippen molar-refractivity contribution in [2.24, 2.45) is 0 Å². The van der Waals surface area contributed by atoms with Crippen molar-refractivity contribution >= 4 is 40.8 Å². The topological polar surface area (TPSA) is 61.4 Å². The molecule has 3 aromatic rings. The summed E-state index contributed by atoms with van der Waals surface area (Å²) in [5.41, 5.74) is 2.93. The number of halogens is 2. The van der Waals surface area contributed by atoms with Crippen molar-refractivity contribution in [2.75, 3.05) is 18.4 Å². The third-order valence-corrected chi connectivity index (χ3v) is 8.03. The first-order chi connectivity index (χ1) is 18.5. The fourth-order valence-corrected chi connectivity index (χ4v) is 5.54. The minimum Gasteiger partial charge on any atom is -0.356 e. The number of anilines is 1. The van der Waals surface area contributed by atoms with Gasteiger partial charge in [-0.05, 0) is 42.5 Å². The van der Waals surface area contributed by atoms with E-state index in [0.717, 1.165) is 32.1 Å². The molecule has 7 heteroatoms. The highest BCUT2D eigenvalue weighted by Gasteiger charge is 2.26. The van der Waals surface area contributed by atoms with E-state index in [-0.39, 0.29) is 30.3 Å². The predicted molar refractivity (Wildman–Crippen MR) is 156 cm³/mol. The van der Waals surface area contributed by atoms with Crippen molar-refractivity contribution in [1.82, 2.24) is 10.2 Å². The maximum atomic E-state index is 13.3. The van der Waals surface area contributed by atoms with Crippen LogP contribution in [0.25, 0.3) is 0 Å². The van der Waals surface area contributed by atoms with Crippen molar-refractivity contribution in [2.45, 2.75) is 56.9 Å². The summed E-state index contributed by atoms with van der Waals surface area (Å²) >= 11 is 12.4. The van der Waals surface area contributed by atoms with Gasteiger partial charge in [0, 0.05) is 31.5 Å². The van der Waals surface area contributed by atoms with Crippen LogP contribution in [-0.4, -0.2) is 36.0 Å². The van der Waals surface area contributed by atoms with Gasteiger partial charge in [0.25, 0.3) is 0 Å². The average molecular weight is 553 g/mol. The predicted octanol–water partition coefficient (Wildman–Crippen LogP) is 7.89. The Hall–Kier alpha value is -3.02. The zero-order valence-corrected chi connectivity index (χ0v) is 23.1. The molecule has 0 aliphatic heterocycles. The van der Waals surface area contributed by atoms with E-state index in [0.29, 0.717) is 28.8 Å². The number of nitrogens with zero attached hydrogens (tertiary/aromatic N) is 1. The van der Waals surface area contributed by atoms with Gasteiger partial charge < -0.3 is 15.5 Å². The van der Waals surface area contributed by atoms with Crippen LogP contribution in [0.5, 0.6) is 0 Å². The Morgan fingerprint density at radius 2 is 1.47 bits per heavy atom. The number of rotatable bonds is 10. The number of hydrogen-bond acceptors (Lipinski definition) is 2. The maximum Gasteiger partial charge on any atom is 0.322 e. The average Bonchev–Trinajstić information content (AvgIpc) is 2.95. The Balaban J connectivity index is 1.35. The molecule has 3 aromatic carbocycles. The van der Waals surface area contributed by atoms with Crippen LogP contribution in [-0.2, 0) is 4.79 Å². The highest BCUT2D eigenvalue weighted by Crippen LogP contribution is 2.31. The number of carbonyl (C=O) groups excluding carboxylic acids is 2. The van der Waals surface area contributed by atoms with Gasteiger partial charge in [-0.15, -0.1) is 0 Å². The molecule has 0 saturated heterocycles.